The maximum atomic E-state index is 12.9. The van der Waals surface area contributed by atoms with Gasteiger partial charge in [0.05, 0.1) is 25.6 Å². The Labute approximate surface area is 146 Å². The third kappa shape index (κ3) is 4.52. The molecule has 2 heterocycles. The number of alkyl halides is 3. The van der Waals surface area contributed by atoms with E-state index in [1.165, 1.54) is 12.0 Å². The fraction of sp³-hybridized carbons (Fsp3) is 0.667. The third-order valence-electron chi connectivity index (χ3n) is 4.37. The van der Waals surface area contributed by atoms with E-state index in [0.29, 0.717) is 13.0 Å². The molecule has 2 rings (SSSR count). The number of nitrogens with one attached hydrogen (secondary N) is 1. The fourth-order valence-electron chi connectivity index (χ4n) is 3.01. The number of nitrogen functional groups attached to an aromatic ring is 1. The zero-order valence-electron chi connectivity index (χ0n) is 14.3. The largest absolute Gasteiger partial charge is 0.393 e. The van der Waals surface area contributed by atoms with E-state index in [-0.39, 0.29) is 38.5 Å². The Morgan fingerprint density at radius 1 is 1.38 bits per heavy atom. The van der Waals surface area contributed by atoms with Gasteiger partial charge in [0.2, 0.25) is 0 Å². The average molecular weight is 378 g/mol. The van der Waals surface area contributed by atoms with Crippen molar-refractivity contribution in [1.29, 1.82) is 0 Å². The number of halogens is 3. The van der Waals surface area contributed by atoms with E-state index in [4.69, 9.17) is 10.5 Å². The molecule has 26 heavy (non-hydrogen) atoms. The van der Waals surface area contributed by atoms with Gasteiger partial charge >= 0.3 is 11.9 Å². The van der Waals surface area contributed by atoms with Crippen molar-refractivity contribution in [2.75, 3.05) is 39.1 Å². The van der Waals surface area contributed by atoms with Gasteiger partial charge in [-0.05, 0) is 19.4 Å². The number of hydrogen-bond donors (Lipinski definition) is 2. The van der Waals surface area contributed by atoms with Crippen molar-refractivity contribution in [3.8, 4) is 0 Å². The summed E-state index contributed by atoms with van der Waals surface area (Å²) in [6, 6.07) is 0. The Hall–Kier alpha value is -2.14. The van der Waals surface area contributed by atoms with Crippen molar-refractivity contribution in [2.45, 2.75) is 25.6 Å². The van der Waals surface area contributed by atoms with Gasteiger partial charge in [0, 0.05) is 13.7 Å². The molecular formula is C15H21F3N4O4. The molecular weight excluding hydrogens is 357 g/mol. The summed E-state index contributed by atoms with van der Waals surface area (Å²) in [5, 5.41) is 0. The minimum Gasteiger partial charge on any atom is -0.384 e. The number of ketones is 1. The molecule has 11 heteroatoms. The van der Waals surface area contributed by atoms with E-state index in [0.717, 1.165) is 4.57 Å². The van der Waals surface area contributed by atoms with Crippen LogP contribution in [-0.2, 0) is 11.3 Å². The van der Waals surface area contributed by atoms with Gasteiger partial charge in [-0.15, -0.1) is 0 Å². The van der Waals surface area contributed by atoms with Gasteiger partial charge in [0.15, 0.2) is 5.78 Å². The Balaban J connectivity index is 2.22. The van der Waals surface area contributed by atoms with Gasteiger partial charge in [-0.2, -0.15) is 13.2 Å². The van der Waals surface area contributed by atoms with Gasteiger partial charge < -0.3 is 10.5 Å². The highest BCUT2D eigenvalue weighted by Crippen LogP contribution is 2.33. The summed E-state index contributed by atoms with van der Waals surface area (Å²) in [4.78, 5) is 39.6. The van der Waals surface area contributed by atoms with E-state index in [9.17, 15) is 27.6 Å². The number of Topliss-reactive ketones (excluding diaryl/α,β-unsaturated/α-hetero) is 1. The highest BCUT2D eigenvalue weighted by atomic mass is 19.4. The van der Waals surface area contributed by atoms with Crippen LogP contribution in [0, 0.1) is 5.92 Å². The molecule has 0 unspecified atom stereocenters. The standard InChI is InChI=1S/C15H21F3N4O4/c1-26-6-5-22-12(19)11(13(24)20-14(22)25)10(23)8-21-4-2-3-9(7-21)15(16,17)18/h9H,2-8,19H2,1H3,(H,20,24,25)/t9-/m1/s1. The number of nitrogens with two attached hydrogens (primary N) is 1. The van der Waals surface area contributed by atoms with Crippen molar-refractivity contribution in [1.82, 2.24) is 14.5 Å². The number of likely N-dealkylation sites (tertiary alicyclic amines) is 1. The van der Waals surface area contributed by atoms with Crippen LogP contribution in [0.4, 0.5) is 19.0 Å². The van der Waals surface area contributed by atoms with Crippen LogP contribution in [0.3, 0.4) is 0 Å². The first kappa shape index (κ1) is 20.2. The Bertz CT molecular complexity index is 772. The van der Waals surface area contributed by atoms with Crippen LogP contribution in [0.15, 0.2) is 9.59 Å². The number of hydrogen-bond acceptors (Lipinski definition) is 6. The average Bonchev–Trinajstić information content (AvgIpc) is 2.53. The van der Waals surface area contributed by atoms with Gasteiger partial charge in [0.25, 0.3) is 5.56 Å². The fourth-order valence-corrected chi connectivity index (χ4v) is 3.01. The molecule has 0 bridgehead atoms. The number of aromatic nitrogens is 2. The number of methoxy groups -OCH3 is 1. The first-order chi connectivity index (χ1) is 12.1. The second kappa shape index (κ2) is 8.04. The summed E-state index contributed by atoms with van der Waals surface area (Å²) < 4.78 is 44.5. The van der Waals surface area contributed by atoms with E-state index in [1.54, 1.807) is 0 Å². The van der Waals surface area contributed by atoms with E-state index < -0.39 is 34.7 Å². The van der Waals surface area contributed by atoms with Crippen LogP contribution in [0.2, 0.25) is 0 Å². The third-order valence-corrected chi connectivity index (χ3v) is 4.37. The summed E-state index contributed by atoms with van der Waals surface area (Å²) in [7, 11) is 1.41. The first-order valence-corrected chi connectivity index (χ1v) is 8.09. The number of anilines is 1. The van der Waals surface area contributed by atoms with Crippen molar-refractivity contribution in [3.05, 3.63) is 26.4 Å². The maximum Gasteiger partial charge on any atom is 0.393 e. The molecule has 0 aromatic carbocycles. The van der Waals surface area contributed by atoms with Crippen molar-refractivity contribution >= 4 is 11.6 Å². The molecule has 1 aliphatic rings. The zero-order valence-corrected chi connectivity index (χ0v) is 14.3. The molecule has 0 saturated carbocycles. The molecule has 0 aliphatic carbocycles. The van der Waals surface area contributed by atoms with Crippen molar-refractivity contribution in [2.24, 2.45) is 5.92 Å². The predicted octanol–water partition coefficient (Wildman–Crippen LogP) is 0.222. The van der Waals surface area contributed by atoms with Crippen LogP contribution in [-0.4, -0.2) is 59.8 Å². The molecule has 1 fully saturated rings. The topological polar surface area (TPSA) is 110 Å². The van der Waals surface area contributed by atoms with Crippen LogP contribution in [0.25, 0.3) is 0 Å². The van der Waals surface area contributed by atoms with E-state index >= 15 is 0 Å². The van der Waals surface area contributed by atoms with Gasteiger partial charge in [-0.1, -0.05) is 0 Å². The number of nitrogens with zero attached hydrogens (tertiary/aromatic N) is 2. The molecule has 0 spiro atoms. The summed E-state index contributed by atoms with van der Waals surface area (Å²) in [5.74, 6) is -2.54. The molecule has 8 nitrogen and oxygen atoms in total. The maximum absolute atomic E-state index is 12.9. The number of aromatic amines is 1. The second-order valence-corrected chi connectivity index (χ2v) is 6.20. The Morgan fingerprint density at radius 2 is 2.08 bits per heavy atom. The summed E-state index contributed by atoms with van der Waals surface area (Å²) in [5.41, 5.74) is 3.65. The summed E-state index contributed by atoms with van der Waals surface area (Å²) in [6.45, 7) is -0.209. The van der Waals surface area contributed by atoms with Gasteiger partial charge in [-0.3, -0.25) is 24.0 Å². The number of piperidine rings is 1. The molecule has 3 N–H and O–H groups in total. The molecule has 1 aromatic rings. The number of rotatable bonds is 6. The normalized spacial score (nSPS) is 18.8. The molecule has 146 valence electrons. The Morgan fingerprint density at radius 3 is 2.69 bits per heavy atom. The molecule has 1 aliphatic heterocycles. The van der Waals surface area contributed by atoms with Crippen LogP contribution in [0.5, 0.6) is 0 Å². The lowest BCUT2D eigenvalue weighted by Crippen LogP contribution is -2.45. The molecule has 1 atom stereocenters. The van der Waals surface area contributed by atoms with Crippen molar-refractivity contribution in [3.63, 3.8) is 0 Å². The highest BCUT2D eigenvalue weighted by Gasteiger charge is 2.42. The lowest BCUT2D eigenvalue weighted by Gasteiger charge is -2.33. The quantitative estimate of drug-likeness (QED) is 0.686. The van der Waals surface area contributed by atoms with Crippen molar-refractivity contribution < 1.29 is 22.7 Å². The smallest absolute Gasteiger partial charge is 0.384 e. The number of H-pyrrole nitrogens is 1. The van der Waals surface area contributed by atoms with Gasteiger partial charge in [-0.25, -0.2) is 4.79 Å². The summed E-state index contributed by atoms with van der Waals surface area (Å²) in [6.07, 6.45) is -4.01. The number of ether oxygens (including phenoxy) is 1. The predicted molar refractivity (Wildman–Crippen MR) is 87.2 cm³/mol. The zero-order chi connectivity index (χ0) is 19.5. The lowest BCUT2D eigenvalue weighted by atomic mass is 9.97. The SMILES string of the molecule is COCCn1c(N)c(C(=O)CN2CCC[C@@H](C(F)(F)F)C2)c(=O)[nH]c1=O. The molecule has 1 saturated heterocycles. The van der Waals surface area contributed by atoms with Gasteiger partial charge in [0.1, 0.15) is 11.4 Å². The summed E-state index contributed by atoms with van der Waals surface area (Å²) >= 11 is 0. The number of carbonyl (C=O) groups excluding carboxylic acids is 1. The van der Waals surface area contributed by atoms with E-state index in [1.807, 2.05) is 4.98 Å². The van der Waals surface area contributed by atoms with Crippen LogP contribution in [0.1, 0.15) is 23.2 Å². The lowest BCUT2D eigenvalue weighted by molar-refractivity contribution is -0.186. The number of carbonyl (C=O) groups is 1. The van der Waals surface area contributed by atoms with E-state index in [2.05, 4.69) is 0 Å². The Kier molecular flexibility index (Phi) is 6.24. The van der Waals surface area contributed by atoms with Crippen LogP contribution < -0.4 is 17.0 Å². The molecule has 0 amide bonds. The molecule has 1 aromatic heterocycles. The van der Waals surface area contributed by atoms with Crippen LogP contribution >= 0.6 is 0 Å². The minimum atomic E-state index is -4.33. The first-order valence-electron chi connectivity index (χ1n) is 8.09. The minimum absolute atomic E-state index is 0.0127. The molecule has 0 radical (unpaired) electrons. The second-order valence-electron chi connectivity index (χ2n) is 6.20. The highest BCUT2D eigenvalue weighted by molar-refractivity contribution is 6.01. The monoisotopic (exact) mass is 378 g/mol.